The van der Waals surface area contributed by atoms with Crippen molar-refractivity contribution in [1.29, 1.82) is 0 Å². The molecule has 0 unspecified atom stereocenters. The first-order valence-corrected chi connectivity index (χ1v) is 3.75. The third kappa shape index (κ3) is 1.78. The molecule has 0 amide bonds. The van der Waals surface area contributed by atoms with Crippen LogP contribution in [-0.2, 0) is 9.59 Å². The zero-order valence-electron chi connectivity index (χ0n) is 6.86. The number of hydrogen-bond donors (Lipinski definition) is 0. The highest BCUT2D eigenvalue weighted by Crippen LogP contribution is 2.12. The van der Waals surface area contributed by atoms with Gasteiger partial charge in [-0.05, 0) is 12.5 Å². The third-order valence-corrected chi connectivity index (χ3v) is 1.72. The second-order valence-electron chi connectivity index (χ2n) is 2.71. The van der Waals surface area contributed by atoms with Gasteiger partial charge in [-0.15, -0.1) is 0 Å². The van der Waals surface area contributed by atoms with Gasteiger partial charge in [0.2, 0.25) is 0 Å². The largest absolute Gasteiger partial charge is 0.302 e. The zero-order chi connectivity index (χ0) is 8.97. The van der Waals surface area contributed by atoms with E-state index in [-0.39, 0.29) is 0 Å². The van der Waals surface area contributed by atoms with Crippen LogP contribution in [0.4, 0.5) is 0 Å². The lowest BCUT2D eigenvalue weighted by atomic mass is 10.0. The number of hydrogen-bond acceptors (Lipinski definition) is 2. The molecule has 1 rings (SSSR count). The lowest BCUT2D eigenvalue weighted by molar-refractivity contribution is -0.116. The fourth-order valence-corrected chi connectivity index (χ4v) is 1.07. The summed E-state index contributed by atoms with van der Waals surface area (Å²) in [6.07, 6.45) is 1.31. The van der Waals surface area contributed by atoms with Crippen molar-refractivity contribution in [3.63, 3.8) is 0 Å². The van der Waals surface area contributed by atoms with Gasteiger partial charge in [-0.3, -0.25) is 0 Å². The topological polar surface area (TPSA) is 34.1 Å². The van der Waals surface area contributed by atoms with Gasteiger partial charge in [0.25, 0.3) is 0 Å². The molecule has 0 aromatic heterocycles. The van der Waals surface area contributed by atoms with Crippen LogP contribution in [0.15, 0.2) is 24.3 Å². The van der Waals surface area contributed by atoms with Crippen molar-refractivity contribution >= 4 is 12.6 Å². The second-order valence-corrected chi connectivity index (χ2v) is 2.71. The summed E-state index contributed by atoms with van der Waals surface area (Å²) >= 11 is 0. The maximum absolute atomic E-state index is 10.4. The Morgan fingerprint density at radius 2 is 1.92 bits per heavy atom. The summed E-state index contributed by atoms with van der Waals surface area (Å²) in [6, 6.07) is 7.38. The van der Waals surface area contributed by atoms with E-state index in [9.17, 15) is 9.59 Å². The third-order valence-electron chi connectivity index (χ3n) is 1.72. The second kappa shape index (κ2) is 3.81. The van der Waals surface area contributed by atoms with Gasteiger partial charge in [0.1, 0.15) is 12.6 Å². The Labute approximate surface area is 71.2 Å². The Morgan fingerprint density at radius 1 is 1.25 bits per heavy atom. The molecule has 0 saturated carbocycles. The molecule has 0 N–H and O–H groups in total. The van der Waals surface area contributed by atoms with Crippen LogP contribution in [0.2, 0.25) is 0 Å². The van der Waals surface area contributed by atoms with E-state index in [1.807, 2.05) is 25.1 Å². The summed E-state index contributed by atoms with van der Waals surface area (Å²) in [5.74, 6) is -0.607. The van der Waals surface area contributed by atoms with E-state index < -0.39 is 5.92 Å². The van der Waals surface area contributed by atoms with Crippen molar-refractivity contribution in [2.24, 2.45) is 0 Å². The van der Waals surface area contributed by atoms with E-state index in [0.717, 1.165) is 11.1 Å². The summed E-state index contributed by atoms with van der Waals surface area (Å²) in [6.45, 7) is 1.93. The molecule has 0 bridgehead atoms. The van der Waals surface area contributed by atoms with E-state index >= 15 is 0 Å². The monoisotopic (exact) mass is 162 g/mol. The van der Waals surface area contributed by atoms with Gasteiger partial charge in [0.05, 0.1) is 5.92 Å². The molecule has 2 heteroatoms. The number of aldehydes is 2. The predicted octanol–water partition coefficient (Wildman–Crippen LogP) is 1.48. The lowest BCUT2D eigenvalue weighted by Crippen LogP contribution is -2.00. The fourth-order valence-electron chi connectivity index (χ4n) is 1.07. The average molecular weight is 162 g/mol. The highest BCUT2D eigenvalue weighted by Gasteiger charge is 2.07. The van der Waals surface area contributed by atoms with Crippen molar-refractivity contribution in [1.82, 2.24) is 0 Å². The van der Waals surface area contributed by atoms with Gasteiger partial charge in [0, 0.05) is 0 Å². The molecule has 0 heterocycles. The molecule has 0 aliphatic heterocycles. The summed E-state index contributed by atoms with van der Waals surface area (Å²) < 4.78 is 0. The molecule has 0 saturated heterocycles. The van der Waals surface area contributed by atoms with Crippen LogP contribution in [0, 0.1) is 6.92 Å². The van der Waals surface area contributed by atoms with Gasteiger partial charge in [-0.25, -0.2) is 0 Å². The summed E-state index contributed by atoms with van der Waals surface area (Å²) in [7, 11) is 0. The van der Waals surface area contributed by atoms with E-state index in [0.29, 0.717) is 12.6 Å². The number of aryl methyl sites for hydroxylation is 1. The lowest BCUT2D eigenvalue weighted by Gasteiger charge is -2.02. The molecule has 0 fully saturated rings. The number of carbonyl (C=O) groups is 2. The Morgan fingerprint density at radius 3 is 2.42 bits per heavy atom. The maximum atomic E-state index is 10.4. The van der Waals surface area contributed by atoms with Gasteiger partial charge < -0.3 is 9.59 Å². The van der Waals surface area contributed by atoms with Crippen molar-refractivity contribution < 1.29 is 9.59 Å². The molecule has 0 atom stereocenters. The van der Waals surface area contributed by atoms with Crippen LogP contribution >= 0.6 is 0 Å². The van der Waals surface area contributed by atoms with Crippen LogP contribution in [0.1, 0.15) is 17.0 Å². The molecule has 0 aliphatic carbocycles. The summed E-state index contributed by atoms with van der Waals surface area (Å²) in [4.78, 5) is 20.8. The Balaban J connectivity index is 3.00. The molecule has 0 spiro atoms. The van der Waals surface area contributed by atoms with E-state index in [1.54, 1.807) is 6.07 Å². The van der Waals surface area contributed by atoms with Crippen LogP contribution < -0.4 is 0 Å². The summed E-state index contributed by atoms with van der Waals surface area (Å²) in [5, 5.41) is 0. The van der Waals surface area contributed by atoms with E-state index in [2.05, 4.69) is 0 Å². The first kappa shape index (κ1) is 8.65. The van der Waals surface area contributed by atoms with Crippen LogP contribution in [0.3, 0.4) is 0 Å². The molecule has 12 heavy (non-hydrogen) atoms. The molecular weight excluding hydrogens is 152 g/mol. The quantitative estimate of drug-likeness (QED) is 0.498. The van der Waals surface area contributed by atoms with E-state index in [1.165, 1.54) is 0 Å². The molecule has 0 aliphatic rings. The Bertz CT molecular complexity index is 284. The van der Waals surface area contributed by atoms with Gasteiger partial charge in [-0.1, -0.05) is 29.8 Å². The maximum Gasteiger partial charge on any atom is 0.134 e. The molecule has 0 radical (unpaired) electrons. The van der Waals surface area contributed by atoms with Gasteiger partial charge in [-0.2, -0.15) is 0 Å². The molecule has 1 aromatic carbocycles. The number of rotatable bonds is 3. The van der Waals surface area contributed by atoms with Crippen molar-refractivity contribution in [2.45, 2.75) is 12.8 Å². The smallest absolute Gasteiger partial charge is 0.134 e. The van der Waals surface area contributed by atoms with Crippen LogP contribution in [0.25, 0.3) is 0 Å². The number of carbonyl (C=O) groups excluding carboxylic acids is 2. The minimum atomic E-state index is -0.607. The highest BCUT2D eigenvalue weighted by molar-refractivity contribution is 5.84. The number of benzene rings is 1. The standard InChI is InChI=1S/C10H10O2/c1-8-3-2-4-9(5-8)10(6-11)7-12/h2-7,10H,1H3. The van der Waals surface area contributed by atoms with Crippen LogP contribution in [0.5, 0.6) is 0 Å². The first-order valence-electron chi connectivity index (χ1n) is 3.75. The average Bonchev–Trinajstić information content (AvgIpc) is 2.07. The Kier molecular flexibility index (Phi) is 2.75. The highest BCUT2D eigenvalue weighted by atomic mass is 16.1. The first-order chi connectivity index (χ1) is 5.77. The fraction of sp³-hybridized carbons (Fsp3) is 0.200. The van der Waals surface area contributed by atoms with E-state index in [4.69, 9.17) is 0 Å². The van der Waals surface area contributed by atoms with Crippen molar-refractivity contribution in [3.05, 3.63) is 35.4 Å². The van der Waals surface area contributed by atoms with Crippen molar-refractivity contribution in [2.75, 3.05) is 0 Å². The molecular formula is C10H10O2. The van der Waals surface area contributed by atoms with Gasteiger partial charge in [0.15, 0.2) is 0 Å². The summed E-state index contributed by atoms with van der Waals surface area (Å²) in [5.41, 5.74) is 1.82. The predicted molar refractivity (Wildman–Crippen MR) is 46.0 cm³/mol. The minimum absolute atomic E-state index is 0.607. The van der Waals surface area contributed by atoms with Crippen molar-refractivity contribution in [3.8, 4) is 0 Å². The normalized spacial score (nSPS) is 9.83. The Hall–Kier alpha value is -1.44. The van der Waals surface area contributed by atoms with Gasteiger partial charge >= 0.3 is 0 Å². The SMILES string of the molecule is Cc1cccc(C(C=O)C=O)c1. The van der Waals surface area contributed by atoms with Crippen LogP contribution in [-0.4, -0.2) is 12.6 Å². The zero-order valence-corrected chi connectivity index (χ0v) is 6.86. The molecule has 1 aromatic rings. The molecule has 62 valence electrons. The minimum Gasteiger partial charge on any atom is -0.302 e. The molecule has 2 nitrogen and oxygen atoms in total.